The van der Waals surface area contributed by atoms with E-state index < -0.39 is 0 Å². The highest BCUT2D eigenvalue weighted by atomic mass is 19.1. The Morgan fingerprint density at radius 3 is 2.68 bits per heavy atom. The molecule has 2 heterocycles. The second-order valence-corrected chi connectivity index (χ2v) is 9.13. The zero-order valence-electron chi connectivity index (χ0n) is 16.7. The molecule has 1 amide bonds. The number of nitrogens with zero attached hydrogens (tertiary/aromatic N) is 2. The van der Waals surface area contributed by atoms with Gasteiger partial charge in [-0.1, -0.05) is 0 Å². The number of carbonyl (C=O) groups excluding carboxylic acids is 2. The van der Waals surface area contributed by atoms with Crippen molar-refractivity contribution in [2.75, 3.05) is 32.7 Å². The number of piperidine rings is 2. The second kappa shape index (κ2) is 8.32. The van der Waals surface area contributed by atoms with Crippen LogP contribution in [0.3, 0.4) is 0 Å². The lowest BCUT2D eigenvalue weighted by atomic mass is 9.73. The van der Waals surface area contributed by atoms with E-state index in [0.717, 1.165) is 51.5 Å². The molecule has 5 heteroatoms. The van der Waals surface area contributed by atoms with Crippen LogP contribution in [0.5, 0.6) is 0 Å². The van der Waals surface area contributed by atoms with Gasteiger partial charge in [0.1, 0.15) is 5.82 Å². The van der Waals surface area contributed by atoms with Crippen LogP contribution in [0.4, 0.5) is 4.39 Å². The molecule has 1 unspecified atom stereocenters. The number of amides is 1. The van der Waals surface area contributed by atoms with Crippen LogP contribution in [0.2, 0.25) is 0 Å². The summed E-state index contributed by atoms with van der Waals surface area (Å²) in [5.74, 6) is 0.873. The second-order valence-electron chi connectivity index (χ2n) is 9.13. The fourth-order valence-electron chi connectivity index (χ4n) is 4.96. The summed E-state index contributed by atoms with van der Waals surface area (Å²) >= 11 is 0. The summed E-state index contributed by atoms with van der Waals surface area (Å²) in [4.78, 5) is 29.2. The van der Waals surface area contributed by atoms with Gasteiger partial charge in [0, 0.05) is 43.5 Å². The molecule has 4 rings (SSSR count). The molecule has 3 aliphatic rings. The van der Waals surface area contributed by atoms with Crippen molar-refractivity contribution >= 4 is 11.7 Å². The van der Waals surface area contributed by atoms with Crippen LogP contribution in [-0.4, -0.2) is 54.2 Å². The third-order valence-corrected chi connectivity index (χ3v) is 6.71. The van der Waals surface area contributed by atoms with Crippen molar-refractivity contribution in [2.45, 2.75) is 51.4 Å². The predicted octanol–water partition coefficient (Wildman–Crippen LogP) is 3.90. The van der Waals surface area contributed by atoms with Gasteiger partial charge in [-0.2, -0.15) is 0 Å². The number of rotatable bonds is 7. The van der Waals surface area contributed by atoms with Gasteiger partial charge in [0.25, 0.3) is 0 Å². The van der Waals surface area contributed by atoms with Crippen LogP contribution in [0.1, 0.15) is 61.7 Å². The maximum Gasteiger partial charge on any atom is 0.222 e. The molecule has 2 saturated heterocycles. The minimum atomic E-state index is -0.308. The quantitative estimate of drug-likeness (QED) is 0.667. The number of carbonyl (C=O) groups is 2. The van der Waals surface area contributed by atoms with Crippen molar-refractivity contribution in [1.82, 2.24) is 9.80 Å². The van der Waals surface area contributed by atoms with Gasteiger partial charge in [-0.15, -0.1) is 0 Å². The lowest BCUT2D eigenvalue weighted by Crippen LogP contribution is -2.54. The predicted molar refractivity (Wildman–Crippen MR) is 107 cm³/mol. The summed E-state index contributed by atoms with van der Waals surface area (Å²) in [5.41, 5.74) is 0.847. The Kier molecular flexibility index (Phi) is 5.81. The lowest BCUT2D eigenvalue weighted by molar-refractivity contribution is -0.139. The first-order valence-electron chi connectivity index (χ1n) is 10.8. The molecule has 1 atom stereocenters. The van der Waals surface area contributed by atoms with E-state index in [4.69, 9.17) is 0 Å². The Morgan fingerprint density at radius 2 is 1.93 bits per heavy atom. The van der Waals surface area contributed by atoms with Crippen LogP contribution in [-0.2, 0) is 4.79 Å². The van der Waals surface area contributed by atoms with E-state index in [2.05, 4.69) is 9.80 Å². The molecule has 1 saturated carbocycles. The summed E-state index contributed by atoms with van der Waals surface area (Å²) < 4.78 is 13.0. The topological polar surface area (TPSA) is 40.6 Å². The molecule has 1 aromatic carbocycles. The summed E-state index contributed by atoms with van der Waals surface area (Å²) in [6.07, 6.45) is 8.00. The molecule has 0 N–H and O–H groups in total. The third-order valence-electron chi connectivity index (χ3n) is 6.71. The van der Waals surface area contributed by atoms with E-state index in [1.165, 1.54) is 37.8 Å². The van der Waals surface area contributed by atoms with Crippen molar-refractivity contribution in [1.29, 1.82) is 0 Å². The minimum absolute atomic E-state index is 0.0885. The summed E-state index contributed by atoms with van der Waals surface area (Å²) in [6, 6.07) is 5.83. The molecular formula is C23H31FN2O2. The number of ketones is 1. The van der Waals surface area contributed by atoms with Crippen LogP contribution >= 0.6 is 0 Å². The Labute approximate surface area is 167 Å². The van der Waals surface area contributed by atoms with Crippen molar-refractivity contribution in [2.24, 2.45) is 11.3 Å². The highest BCUT2D eigenvalue weighted by Crippen LogP contribution is 2.40. The molecule has 3 fully saturated rings. The highest BCUT2D eigenvalue weighted by molar-refractivity contribution is 5.95. The Balaban J connectivity index is 1.27. The maximum atomic E-state index is 13.0. The largest absolute Gasteiger partial charge is 0.342 e. The maximum absolute atomic E-state index is 13.0. The molecule has 1 aliphatic carbocycles. The number of likely N-dealkylation sites (tertiary alicyclic amines) is 2. The Morgan fingerprint density at radius 1 is 1.14 bits per heavy atom. The van der Waals surface area contributed by atoms with E-state index in [9.17, 15) is 14.0 Å². The normalized spacial score (nSPS) is 26.0. The lowest BCUT2D eigenvalue weighted by Gasteiger charge is -2.48. The molecule has 28 heavy (non-hydrogen) atoms. The molecule has 1 spiro atoms. The zero-order chi connectivity index (χ0) is 19.6. The van der Waals surface area contributed by atoms with Crippen LogP contribution in [0.15, 0.2) is 24.3 Å². The van der Waals surface area contributed by atoms with Crippen molar-refractivity contribution in [3.63, 3.8) is 0 Å². The minimum Gasteiger partial charge on any atom is -0.342 e. The van der Waals surface area contributed by atoms with Gasteiger partial charge < -0.3 is 9.80 Å². The molecule has 0 radical (unpaired) electrons. The monoisotopic (exact) mass is 386 g/mol. The van der Waals surface area contributed by atoms with E-state index in [-0.39, 0.29) is 17.0 Å². The number of hydrogen-bond donors (Lipinski definition) is 0. The smallest absolute Gasteiger partial charge is 0.222 e. The van der Waals surface area contributed by atoms with Crippen LogP contribution in [0, 0.1) is 17.2 Å². The molecule has 152 valence electrons. The molecule has 1 aromatic rings. The average molecular weight is 387 g/mol. The van der Waals surface area contributed by atoms with Gasteiger partial charge in [-0.3, -0.25) is 9.59 Å². The van der Waals surface area contributed by atoms with E-state index in [0.29, 0.717) is 24.3 Å². The van der Waals surface area contributed by atoms with E-state index in [1.807, 2.05) is 0 Å². The first-order chi connectivity index (χ1) is 13.5. The van der Waals surface area contributed by atoms with Crippen LogP contribution < -0.4 is 0 Å². The highest BCUT2D eigenvalue weighted by Gasteiger charge is 2.42. The molecule has 0 aromatic heterocycles. The fraction of sp³-hybridized carbons (Fsp3) is 0.652. The number of benzene rings is 1. The van der Waals surface area contributed by atoms with E-state index in [1.54, 1.807) is 12.1 Å². The molecular weight excluding hydrogens is 355 g/mol. The van der Waals surface area contributed by atoms with Crippen LogP contribution in [0.25, 0.3) is 0 Å². The van der Waals surface area contributed by atoms with Crippen molar-refractivity contribution in [3.8, 4) is 0 Å². The third kappa shape index (κ3) is 4.80. The average Bonchev–Trinajstić information content (AvgIpc) is 3.50. The molecule has 4 nitrogen and oxygen atoms in total. The first kappa shape index (κ1) is 19.6. The SMILES string of the molecule is O=C(CCCN1CCCC2(CCC(=O)N(CC3CC3)C2)C1)c1ccc(F)cc1. The van der Waals surface area contributed by atoms with Gasteiger partial charge in [0.15, 0.2) is 5.78 Å². The van der Waals surface area contributed by atoms with Crippen molar-refractivity contribution in [3.05, 3.63) is 35.6 Å². The molecule has 2 aliphatic heterocycles. The molecule has 0 bridgehead atoms. The first-order valence-corrected chi connectivity index (χ1v) is 10.8. The van der Waals surface area contributed by atoms with Gasteiger partial charge in [-0.25, -0.2) is 4.39 Å². The van der Waals surface area contributed by atoms with E-state index >= 15 is 0 Å². The summed E-state index contributed by atoms with van der Waals surface area (Å²) in [5, 5.41) is 0. The zero-order valence-corrected chi connectivity index (χ0v) is 16.7. The summed E-state index contributed by atoms with van der Waals surface area (Å²) in [6.45, 7) is 4.95. The number of Topliss-reactive ketones (excluding diaryl/α,β-unsaturated/α-hetero) is 1. The fourth-order valence-corrected chi connectivity index (χ4v) is 4.96. The van der Waals surface area contributed by atoms with Gasteiger partial charge in [-0.05, 0) is 81.8 Å². The van der Waals surface area contributed by atoms with Gasteiger partial charge >= 0.3 is 0 Å². The summed E-state index contributed by atoms with van der Waals surface area (Å²) in [7, 11) is 0. The Hall–Kier alpha value is -1.75. The van der Waals surface area contributed by atoms with Gasteiger partial charge in [0.2, 0.25) is 5.91 Å². The van der Waals surface area contributed by atoms with Crippen molar-refractivity contribution < 1.29 is 14.0 Å². The van der Waals surface area contributed by atoms with Gasteiger partial charge in [0.05, 0.1) is 0 Å². The number of hydrogen-bond acceptors (Lipinski definition) is 3. The number of halogens is 1. The Bertz CT molecular complexity index is 716. The standard InChI is InChI=1S/C23H31FN2O2/c24-20-8-6-19(7-9-20)21(27)3-1-13-25-14-2-11-23(16-25)12-10-22(28)26(17-23)15-18-4-5-18/h6-9,18H,1-5,10-17H2.